The van der Waals surface area contributed by atoms with Crippen LogP contribution in [0, 0.1) is 0 Å². The molecule has 2 atom stereocenters. The van der Waals surface area contributed by atoms with Crippen LogP contribution in [0.25, 0.3) is 0 Å². The van der Waals surface area contributed by atoms with Crippen LogP contribution in [0.2, 0.25) is 0 Å². The zero-order valence-electron chi connectivity index (χ0n) is 10.3. The van der Waals surface area contributed by atoms with Crippen molar-refractivity contribution in [3.05, 3.63) is 24.0 Å². The van der Waals surface area contributed by atoms with E-state index in [0.717, 1.165) is 6.08 Å². The van der Waals surface area contributed by atoms with E-state index in [1.54, 1.807) is 0 Å². The molecule has 1 aliphatic heterocycles. The van der Waals surface area contributed by atoms with Crippen LogP contribution in [-0.2, 0) is 4.74 Å². The van der Waals surface area contributed by atoms with Gasteiger partial charge < -0.3 is 10.1 Å². The first-order chi connectivity index (χ1) is 8.34. The molecule has 1 fully saturated rings. The first-order valence-electron chi connectivity index (χ1n) is 5.52. The maximum absolute atomic E-state index is 12.4. The molecule has 1 rings (SSSR count). The lowest BCUT2D eigenvalue weighted by atomic mass is 10.2. The van der Waals surface area contributed by atoms with Crippen molar-refractivity contribution in [2.24, 2.45) is 10.2 Å². The van der Waals surface area contributed by atoms with Gasteiger partial charge in [-0.2, -0.15) is 18.3 Å². The number of nitrogens with zero attached hydrogens (tertiary/aromatic N) is 2. The van der Waals surface area contributed by atoms with Crippen molar-refractivity contribution in [3.63, 3.8) is 0 Å². The molecule has 0 saturated carbocycles. The molecule has 0 amide bonds. The lowest BCUT2D eigenvalue weighted by molar-refractivity contribution is -0.0931. The topological polar surface area (TPSA) is 46.0 Å². The molecule has 4 nitrogen and oxygen atoms in total. The minimum absolute atomic E-state index is 0.111. The Labute approximate surface area is 104 Å². The maximum Gasteiger partial charge on any atom is 0.434 e. The van der Waals surface area contributed by atoms with Gasteiger partial charge in [-0.1, -0.05) is 12.7 Å². The van der Waals surface area contributed by atoms with Crippen molar-refractivity contribution in [1.82, 2.24) is 5.32 Å². The minimum Gasteiger partial charge on any atom is -0.378 e. The highest BCUT2D eigenvalue weighted by atomic mass is 19.4. The Morgan fingerprint density at radius 3 is 2.56 bits per heavy atom. The van der Waals surface area contributed by atoms with Crippen LogP contribution >= 0.6 is 0 Å². The molecule has 0 aromatic carbocycles. The van der Waals surface area contributed by atoms with Crippen LogP contribution in [0.3, 0.4) is 0 Å². The molecule has 0 unspecified atom stereocenters. The molecule has 1 aliphatic rings. The number of nitrogens with one attached hydrogen (secondary N) is 1. The van der Waals surface area contributed by atoms with Gasteiger partial charge in [-0.05, 0) is 13.8 Å². The number of azo groups is 1. The average Bonchev–Trinajstić information content (AvgIpc) is 2.27. The number of ether oxygens (including phenoxy) is 1. The third-order valence-corrected chi connectivity index (χ3v) is 2.39. The summed E-state index contributed by atoms with van der Waals surface area (Å²) in [5.41, 5.74) is -0.807. The van der Waals surface area contributed by atoms with Crippen LogP contribution in [0.1, 0.15) is 13.8 Å². The van der Waals surface area contributed by atoms with E-state index in [2.05, 4.69) is 22.1 Å². The molecule has 0 radical (unpaired) electrons. The standard InChI is InChI=1S/C11H16F3N3O/c1-4-10(11(12,13)14)17-16-8(3)9-6-18-5-7(2)15-9/h4,7,9,15H,3,5-6H2,1-2H3/b10-4-,17-16-/t7-,9-/m0/s1. The number of hydrogen-bond acceptors (Lipinski definition) is 4. The van der Waals surface area contributed by atoms with Crippen LogP contribution in [-0.4, -0.2) is 31.5 Å². The van der Waals surface area contributed by atoms with E-state index >= 15 is 0 Å². The van der Waals surface area contributed by atoms with E-state index < -0.39 is 11.9 Å². The molecule has 7 heteroatoms. The molecule has 1 saturated heterocycles. The van der Waals surface area contributed by atoms with Crippen molar-refractivity contribution in [2.75, 3.05) is 13.2 Å². The third-order valence-electron chi connectivity index (χ3n) is 2.39. The van der Waals surface area contributed by atoms with Crippen molar-refractivity contribution in [3.8, 4) is 0 Å². The Bertz CT molecular complexity index is 363. The number of hydrogen-bond donors (Lipinski definition) is 1. The second-order valence-corrected chi connectivity index (χ2v) is 4.02. The zero-order chi connectivity index (χ0) is 13.8. The monoisotopic (exact) mass is 263 g/mol. The fourth-order valence-electron chi connectivity index (χ4n) is 1.46. The molecule has 0 aliphatic carbocycles. The summed E-state index contributed by atoms with van der Waals surface area (Å²) in [6, 6.07) is -0.191. The van der Waals surface area contributed by atoms with Gasteiger partial charge in [-0.15, -0.1) is 5.11 Å². The van der Waals surface area contributed by atoms with Gasteiger partial charge >= 0.3 is 6.18 Å². The van der Waals surface area contributed by atoms with Gasteiger partial charge in [0.05, 0.1) is 25.0 Å². The quantitative estimate of drug-likeness (QED) is 0.796. The fourth-order valence-corrected chi connectivity index (χ4v) is 1.46. The van der Waals surface area contributed by atoms with Gasteiger partial charge in [0.2, 0.25) is 0 Å². The summed E-state index contributed by atoms with van der Waals surface area (Å²) in [4.78, 5) is 0. The number of alkyl halides is 3. The highest BCUT2D eigenvalue weighted by molar-refractivity contribution is 5.09. The molecule has 0 bridgehead atoms. The highest BCUT2D eigenvalue weighted by Gasteiger charge is 2.33. The average molecular weight is 263 g/mol. The van der Waals surface area contributed by atoms with Gasteiger partial charge in [-0.25, -0.2) is 0 Å². The predicted molar refractivity (Wildman–Crippen MR) is 61.0 cm³/mol. The second kappa shape index (κ2) is 6.10. The largest absolute Gasteiger partial charge is 0.434 e. The molecule has 18 heavy (non-hydrogen) atoms. The summed E-state index contributed by atoms with van der Waals surface area (Å²) in [6.45, 7) is 7.66. The molecule has 102 valence electrons. The first-order valence-corrected chi connectivity index (χ1v) is 5.52. The normalized spacial score (nSPS) is 26.6. The SMILES string of the molecule is C=C(/N=N\C(=C/C)C(F)(F)F)[C@@H]1COC[C@H](C)N1. The Hall–Kier alpha value is -1.21. The summed E-state index contributed by atoms with van der Waals surface area (Å²) >= 11 is 0. The van der Waals surface area contributed by atoms with Crippen molar-refractivity contribution in [1.29, 1.82) is 0 Å². The Balaban J connectivity index is 2.64. The van der Waals surface area contributed by atoms with Crippen molar-refractivity contribution in [2.45, 2.75) is 32.1 Å². The fraction of sp³-hybridized carbons (Fsp3) is 0.636. The van der Waals surface area contributed by atoms with E-state index in [1.807, 2.05) is 6.92 Å². The van der Waals surface area contributed by atoms with Crippen molar-refractivity contribution >= 4 is 0 Å². The van der Waals surface area contributed by atoms with E-state index in [-0.39, 0.29) is 17.8 Å². The smallest absolute Gasteiger partial charge is 0.378 e. The summed E-state index contributed by atoms with van der Waals surface area (Å²) in [5.74, 6) is 0. The van der Waals surface area contributed by atoms with Crippen LogP contribution in [0.5, 0.6) is 0 Å². The third kappa shape index (κ3) is 4.23. The minimum atomic E-state index is -4.50. The van der Waals surface area contributed by atoms with Crippen LogP contribution < -0.4 is 5.32 Å². The molecule has 0 aromatic rings. The first kappa shape index (κ1) is 14.8. The molecular formula is C11H16F3N3O. The number of halogens is 3. The van der Waals surface area contributed by atoms with Crippen LogP contribution in [0.4, 0.5) is 13.2 Å². The lowest BCUT2D eigenvalue weighted by Gasteiger charge is -2.28. The summed E-state index contributed by atoms with van der Waals surface area (Å²) in [5, 5.41) is 9.82. The predicted octanol–water partition coefficient (Wildman–Crippen LogP) is 2.80. The number of morpholine rings is 1. The summed E-state index contributed by atoms with van der Waals surface area (Å²) in [7, 11) is 0. The van der Waals surface area contributed by atoms with Gasteiger partial charge in [0.1, 0.15) is 0 Å². The van der Waals surface area contributed by atoms with Gasteiger partial charge in [0.15, 0.2) is 5.70 Å². The van der Waals surface area contributed by atoms with E-state index in [1.165, 1.54) is 6.92 Å². The van der Waals surface area contributed by atoms with Gasteiger partial charge in [0.25, 0.3) is 0 Å². The van der Waals surface area contributed by atoms with Crippen LogP contribution in [0.15, 0.2) is 34.3 Å². The number of allylic oxidation sites excluding steroid dienone is 2. The van der Waals surface area contributed by atoms with E-state index in [9.17, 15) is 13.2 Å². The Morgan fingerprint density at radius 2 is 2.06 bits per heavy atom. The summed E-state index contributed by atoms with van der Waals surface area (Å²) in [6.07, 6.45) is -3.63. The number of rotatable bonds is 3. The molecular weight excluding hydrogens is 247 g/mol. The van der Waals surface area contributed by atoms with Gasteiger partial charge in [-0.3, -0.25) is 0 Å². The lowest BCUT2D eigenvalue weighted by Crippen LogP contribution is -2.47. The molecule has 0 aromatic heterocycles. The highest BCUT2D eigenvalue weighted by Crippen LogP contribution is 2.27. The van der Waals surface area contributed by atoms with Crippen molar-refractivity contribution < 1.29 is 17.9 Å². The maximum atomic E-state index is 12.4. The summed E-state index contributed by atoms with van der Waals surface area (Å²) < 4.78 is 42.4. The Kier molecular flexibility index (Phi) is 5.03. The molecule has 1 N–H and O–H groups in total. The molecule has 1 heterocycles. The van der Waals surface area contributed by atoms with Gasteiger partial charge in [0, 0.05) is 6.04 Å². The van der Waals surface area contributed by atoms with E-state index in [4.69, 9.17) is 4.74 Å². The zero-order valence-corrected chi connectivity index (χ0v) is 10.3. The van der Waals surface area contributed by atoms with E-state index in [0.29, 0.717) is 13.2 Å². The molecule has 0 spiro atoms. The second-order valence-electron chi connectivity index (χ2n) is 4.02. The Morgan fingerprint density at radius 1 is 1.39 bits per heavy atom.